The van der Waals surface area contributed by atoms with Crippen LogP contribution in [0.2, 0.25) is 0 Å². The number of ether oxygens (including phenoxy) is 3. The van der Waals surface area contributed by atoms with E-state index < -0.39 is 5.97 Å². The number of nitrogens with zero attached hydrogens (tertiary/aromatic N) is 1. The molecule has 0 fully saturated rings. The van der Waals surface area contributed by atoms with Crippen molar-refractivity contribution in [2.75, 3.05) is 21.3 Å². The van der Waals surface area contributed by atoms with Gasteiger partial charge in [-0.25, -0.2) is 4.79 Å². The molecule has 1 N–H and O–H groups in total. The minimum absolute atomic E-state index is 0.180. The Morgan fingerprint density at radius 1 is 1.04 bits per heavy atom. The van der Waals surface area contributed by atoms with Crippen molar-refractivity contribution in [1.82, 2.24) is 9.55 Å². The van der Waals surface area contributed by atoms with Gasteiger partial charge in [-0.2, -0.15) is 0 Å². The number of aromatic nitrogens is 2. The van der Waals surface area contributed by atoms with E-state index in [1.54, 1.807) is 24.3 Å². The molecule has 1 heterocycles. The van der Waals surface area contributed by atoms with Gasteiger partial charge in [-0.15, -0.1) is 0 Å². The average molecular weight is 372 g/mol. The van der Waals surface area contributed by atoms with Crippen molar-refractivity contribution < 1.29 is 19.0 Å². The molecule has 0 aliphatic rings. The summed E-state index contributed by atoms with van der Waals surface area (Å²) in [5.74, 6) is 0.566. The SMILES string of the molecule is COC(=O)c1ccc2c(=O)n(-c3cc(OC)cc(OC)c3)c(=S)[nH]c2c1. The van der Waals surface area contributed by atoms with Crippen molar-refractivity contribution >= 4 is 29.1 Å². The van der Waals surface area contributed by atoms with E-state index in [0.29, 0.717) is 33.7 Å². The standard InChI is InChI=1S/C18H16N2O5S/c1-23-12-7-11(8-13(9-12)24-2)20-16(21)14-5-4-10(17(22)25-3)6-15(14)19-18(20)26/h4-9H,1-3H3,(H,19,26). The Balaban J connectivity index is 2.27. The van der Waals surface area contributed by atoms with Crippen LogP contribution in [0.1, 0.15) is 10.4 Å². The largest absolute Gasteiger partial charge is 0.497 e. The zero-order valence-electron chi connectivity index (χ0n) is 14.4. The maximum atomic E-state index is 13.0. The van der Waals surface area contributed by atoms with Gasteiger partial charge < -0.3 is 19.2 Å². The monoisotopic (exact) mass is 372 g/mol. The van der Waals surface area contributed by atoms with Gasteiger partial charge in [0.1, 0.15) is 11.5 Å². The molecule has 134 valence electrons. The molecule has 0 amide bonds. The molecular weight excluding hydrogens is 356 g/mol. The van der Waals surface area contributed by atoms with E-state index in [0.717, 1.165) is 0 Å². The number of aromatic amines is 1. The van der Waals surface area contributed by atoms with Crippen LogP contribution in [0.5, 0.6) is 11.5 Å². The molecule has 0 radical (unpaired) electrons. The summed E-state index contributed by atoms with van der Waals surface area (Å²) in [6.07, 6.45) is 0. The zero-order valence-corrected chi connectivity index (χ0v) is 15.2. The number of rotatable bonds is 4. The predicted molar refractivity (Wildman–Crippen MR) is 99.2 cm³/mol. The van der Waals surface area contributed by atoms with Crippen LogP contribution >= 0.6 is 12.2 Å². The zero-order chi connectivity index (χ0) is 18.8. The Hall–Kier alpha value is -3.13. The van der Waals surface area contributed by atoms with Crippen LogP contribution in [0.3, 0.4) is 0 Å². The Bertz CT molecular complexity index is 1090. The quantitative estimate of drug-likeness (QED) is 0.560. The summed E-state index contributed by atoms with van der Waals surface area (Å²) in [6.45, 7) is 0. The number of fused-ring (bicyclic) bond motifs is 1. The third-order valence-corrected chi connectivity index (χ3v) is 4.20. The first-order valence-corrected chi connectivity index (χ1v) is 8.00. The van der Waals surface area contributed by atoms with Crippen molar-refractivity contribution in [3.8, 4) is 17.2 Å². The number of nitrogens with one attached hydrogen (secondary N) is 1. The van der Waals surface area contributed by atoms with Crippen molar-refractivity contribution in [3.05, 3.63) is 57.1 Å². The maximum Gasteiger partial charge on any atom is 0.337 e. The van der Waals surface area contributed by atoms with Gasteiger partial charge in [0.2, 0.25) is 0 Å². The van der Waals surface area contributed by atoms with Crippen molar-refractivity contribution in [3.63, 3.8) is 0 Å². The van der Waals surface area contributed by atoms with Gasteiger partial charge in [0.25, 0.3) is 5.56 Å². The number of carbonyl (C=O) groups is 1. The maximum absolute atomic E-state index is 13.0. The third kappa shape index (κ3) is 3.06. The molecule has 3 rings (SSSR count). The van der Waals surface area contributed by atoms with Gasteiger partial charge in [-0.1, -0.05) is 0 Å². The number of carbonyl (C=O) groups excluding carboxylic acids is 1. The molecule has 26 heavy (non-hydrogen) atoms. The minimum atomic E-state index is -0.493. The van der Waals surface area contributed by atoms with Gasteiger partial charge in [0, 0.05) is 18.2 Å². The molecule has 7 nitrogen and oxygen atoms in total. The molecule has 0 unspecified atom stereocenters. The second-order valence-corrected chi connectivity index (χ2v) is 5.78. The summed E-state index contributed by atoms with van der Waals surface area (Å²) in [5, 5.41) is 0.382. The average Bonchev–Trinajstić information content (AvgIpc) is 2.66. The van der Waals surface area contributed by atoms with Crippen LogP contribution < -0.4 is 15.0 Å². The molecule has 1 aromatic heterocycles. The highest BCUT2D eigenvalue weighted by atomic mass is 32.1. The van der Waals surface area contributed by atoms with E-state index in [-0.39, 0.29) is 10.3 Å². The van der Waals surface area contributed by atoms with Crippen LogP contribution in [-0.2, 0) is 4.74 Å². The predicted octanol–water partition coefficient (Wildman–Crippen LogP) is 2.85. The van der Waals surface area contributed by atoms with Gasteiger partial charge in [0.15, 0.2) is 4.77 Å². The van der Waals surface area contributed by atoms with Crippen molar-refractivity contribution in [1.29, 1.82) is 0 Å². The molecule has 2 aromatic carbocycles. The first-order chi connectivity index (χ1) is 12.5. The summed E-state index contributed by atoms with van der Waals surface area (Å²) in [6, 6.07) is 9.69. The number of benzene rings is 2. The van der Waals surface area contributed by atoms with Gasteiger partial charge in [0.05, 0.1) is 43.5 Å². The summed E-state index contributed by atoms with van der Waals surface area (Å²) in [5.41, 5.74) is 0.960. The number of hydrogen-bond acceptors (Lipinski definition) is 6. The second kappa shape index (κ2) is 7.01. The third-order valence-electron chi connectivity index (χ3n) is 3.91. The minimum Gasteiger partial charge on any atom is -0.497 e. The van der Waals surface area contributed by atoms with E-state index in [1.807, 2.05) is 0 Å². The number of methoxy groups -OCH3 is 3. The Kier molecular flexibility index (Phi) is 4.77. The summed E-state index contributed by atoms with van der Waals surface area (Å²) in [4.78, 5) is 27.6. The smallest absolute Gasteiger partial charge is 0.337 e. The van der Waals surface area contributed by atoms with E-state index in [2.05, 4.69) is 4.98 Å². The molecule has 0 aliphatic carbocycles. The molecule has 0 bridgehead atoms. The highest BCUT2D eigenvalue weighted by Crippen LogP contribution is 2.25. The normalized spacial score (nSPS) is 10.6. The lowest BCUT2D eigenvalue weighted by Crippen LogP contribution is -2.21. The van der Waals surface area contributed by atoms with Crippen molar-refractivity contribution in [2.24, 2.45) is 0 Å². The van der Waals surface area contributed by atoms with E-state index >= 15 is 0 Å². The van der Waals surface area contributed by atoms with E-state index in [1.165, 1.54) is 38.0 Å². The highest BCUT2D eigenvalue weighted by Gasteiger charge is 2.13. The molecule has 0 saturated heterocycles. The molecule has 0 saturated carbocycles. The van der Waals surface area contributed by atoms with E-state index in [4.69, 9.17) is 26.4 Å². The molecule has 0 aliphatic heterocycles. The van der Waals surface area contributed by atoms with Crippen LogP contribution in [0.4, 0.5) is 0 Å². The second-order valence-electron chi connectivity index (χ2n) is 5.39. The summed E-state index contributed by atoms with van der Waals surface area (Å²) >= 11 is 5.35. The fourth-order valence-corrected chi connectivity index (χ4v) is 2.92. The molecular formula is C18H16N2O5S. The summed E-state index contributed by atoms with van der Waals surface area (Å²) in [7, 11) is 4.34. The van der Waals surface area contributed by atoms with Gasteiger partial charge in [-0.3, -0.25) is 9.36 Å². The molecule has 0 spiro atoms. The van der Waals surface area contributed by atoms with E-state index in [9.17, 15) is 9.59 Å². The summed E-state index contributed by atoms with van der Waals surface area (Å²) < 4.78 is 16.7. The van der Waals surface area contributed by atoms with Crippen LogP contribution in [0.25, 0.3) is 16.6 Å². The Morgan fingerprint density at radius 3 is 2.27 bits per heavy atom. The number of esters is 1. The van der Waals surface area contributed by atoms with Crippen LogP contribution in [0, 0.1) is 4.77 Å². The first kappa shape index (κ1) is 17.7. The fraction of sp³-hybridized carbons (Fsp3) is 0.167. The molecule has 3 aromatic rings. The van der Waals surface area contributed by atoms with Gasteiger partial charge in [-0.05, 0) is 30.4 Å². The first-order valence-electron chi connectivity index (χ1n) is 7.59. The lowest BCUT2D eigenvalue weighted by atomic mass is 10.1. The number of H-pyrrole nitrogens is 1. The Morgan fingerprint density at radius 2 is 1.69 bits per heavy atom. The topological polar surface area (TPSA) is 82.6 Å². The molecule has 8 heteroatoms. The Labute approximate surface area is 153 Å². The van der Waals surface area contributed by atoms with Gasteiger partial charge >= 0.3 is 5.97 Å². The van der Waals surface area contributed by atoms with Crippen molar-refractivity contribution in [2.45, 2.75) is 0 Å². The molecule has 0 atom stereocenters. The lowest BCUT2D eigenvalue weighted by Gasteiger charge is -2.12. The highest BCUT2D eigenvalue weighted by molar-refractivity contribution is 7.71. The van der Waals surface area contributed by atoms with Crippen LogP contribution in [-0.4, -0.2) is 36.8 Å². The number of hydrogen-bond donors (Lipinski definition) is 1. The van der Waals surface area contributed by atoms with Crippen LogP contribution in [0.15, 0.2) is 41.2 Å². The lowest BCUT2D eigenvalue weighted by molar-refractivity contribution is 0.0601. The fourth-order valence-electron chi connectivity index (χ4n) is 2.62.